The first-order chi connectivity index (χ1) is 9.43. The number of nitrogens with two attached hydrogens (primary N) is 1. The predicted octanol–water partition coefficient (Wildman–Crippen LogP) is 4.31. The van der Waals surface area contributed by atoms with Crippen molar-refractivity contribution in [1.29, 1.82) is 0 Å². The molecule has 1 aromatic heterocycles. The van der Waals surface area contributed by atoms with Gasteiger partial charge in [0.05, 0.1) is 0 Å². The SMILES string of the molecule is CCc1nc(-c2ccc(C)c(Cl)c2)c(N)n1CC(C)C. The molecule has 4 heteroatoms. The second-order valence-corrected chi connectivity index (χ2v) is 5.99. The molecule has 0 aliphatic rings. The highest BCUT2D eigenvalue weighted by molar-refractivity contribution is 6.31. The number of hydrogen-bond donors (Lipinski definition) is 1. The molecule has 0 aliphatic heterocycles. The Labute approximate surface area is 125 Å². The number of anilines is 1. The number of aromatic nitrogens is 2. The maximum atomic E-state index is 6.31. The van der Waals surface area contributed by atoms with Crippen LogP contribution in [0.3, 0.4) is 0 Å². The molecule has 0 radical (unpaired) electrons. The molecule has 0 atom stereocenters. The van der Waals surface area contributed by atoms with Crippen molar-refractivity contribution in [3.63, 3.8) is 0 Å². The summed E-state index contributed by atoms with van der Waals surface area (Å²) in [5.41, 5.74) is 9.19. The van der Waals surface area contributed by atoms with Gasteiger partial charge in [-0.3, -0.25) is 0 Å². The molecule has 108 valence electrons. The zero-order valence-corrected chi connectivity index (χ0v) is 13.3. The van der Waals surface area contributed by atoms with Crippen molar-refractivity contribution < 1.29 is 0 Å². The van der Waals surface area contributed by atoms with Gasteiger partial charge < -0.3 is 10.3 Å². The highest BCUT2D eigenvalue weighted by Crippen LogP contribution is 2.30. The predicted molar refractivity (Wildman–Crippen MR) is 86.0 cm³/mol. The smallest absolute Gasteiger partial charge is 0.131 e. The van der Waals surface area contributed by atoms with Crippen molar-refractivity contribution in [1.82, 2.24) is 9.55 Å². The van der Waals surface area contributed by atoms with E-state index in [0.717, 1.165) is 46.5 Å². The highest BCUT2D eigenvalue weighted by atomic mass is 35.5. The largest absolute Gasteiger partial charge is 0.383 e. The zero-order chi connectivity index (χ0) is 14.9. The first kappa shape index (κ1) is 14.9. The van der Waals surface area contributed by atoms with Crippen molar-refractivity contribution in [2.45, 2.75) is 40.7 Å². The van der Waals surface area contributed by atoms with E-state index in [-0.39, 0.29) is 0 Å². The van der Waals surface area contributed by atoms with Crippen LogP contribution in [0, 0.1) is 12.8 Å². The molecular weight excluding hydrogens is 270 g/mol. The van der Waals surface area contributed by atoms with Crippen LogP contribution in [-0.4, -0.2) is 9.55 Å². The fourth-order valence-electron chi connectivity index (χ4n) is 2.30. The van der Waals surface area contributed by atoms with Gasteiger partial charge >= 0.3 is 0 Å². The molecule has 0 saturated carbocycles. The normalized spacial score (nSPS) is 11.3. The molecule has 2 aromatic rings. The fourth-order valence-corrected chi connectivity index (χ4v) is 2.49. The number of hydrogen-bond acceptors (Lipinski definition) is 2. The van der Waals surface area contributed by atoms with Crippen LogP contribution < -0.4 is 5.73 Å². The van der Waals surface area contributed by atoms with Gasteiger partial charge in [-0.2, -0.15) is 0 Å². The van der Waals surface area contributed by atoms with Crippen LogP contribution in [0.2, 0.25) is 5.02 Å². The summed E-state index contributed by atoms with van der Waals surface area (Å²) >= 11 is 6.21. The average Bonchev–Trinajstić information content (AvgIpc) is 2.70. The Kier molecular flexibility index (Phi) is 4.39. The summed E-state index contributed by atoms with van der Waals surface area (Å²) in [4.78, 5) is 4.70. The van der Waals surface area contributed by atoms with Crippen LogP contribution in [0.5, 0.6) is 0 Å². The van der Waals surface area contributed by atoms with Gasteiger partial charge in [-0.05, 0) is 24.5 Å². The molecule has 1 aromatic carbocycles. The average molecular weight is 292 g/mol. The zero-order valence-electron chi connectivity index (χ0n) is 12.6. The third-order valence-electron chi connectivity index (χ3n) is 3.40. The first-order valence-corrected chi connectivity index (χ1v) is 7.43. The van der Waals surface area contributed by atoms with Gasteiger partial charge in [0.2, 0.25) is 0 Å². The number of nitrogen functional groups attached to an aromatic ring is 1. The lowest BCUT2D eigenvalue weighted by atomic mass is 10.1. The quantitative estimate of drug-likeness (QED) is 0.912. The van der Waals surface area contributed by atoms with E-state index in [1.54, 1.807) is 0 Å². The monoisotopic (exact) mass is 291 g/mol. The van der Waals surface area contributed by atoms with Crippen LogP contribution in [-0.2, 0) is 13.0 Å². The Hall–Kier alpha value is -1.48. The number of halogens is 1. The van der Waals surface area contributed by atoms with E-state index in [1.165, 1.54) is 0 Å². The lowest BCUT2D eigenvalue weighted by molar-refractivity contribution is 0.513. The van der Waals surface area contributed by atoms with Crippen molar-refractivity contribution in [3.8, 4) is 11.3 Å². The minimum absolute atomic E-state index is 0.534. The molecule has 0 fully saturated rings. The van der Waals surface area contributed by atoms with Gasteiger partial charge in [0.25, 0.3) is 0 Å². The van der Waals surface area contributed by atoms with Crippen LogP contribution in [0.15, 0.2) is 18.2 Å². The molecule has 3 nitrogen and oxygen atoms in total. The Bertz CT molecular complexity index is 614. The Morgan fingerprint density at radius 2 is 2.05 bits per heavy atom. The lowest BCUT2D eigenvalue weighted by Crippen LogP contribution is -2.10. The summed E-state index contributed by atoms with van der Waals surface area (Å²) in [6, 6.07) is 5.97. The minimum atomic E-state index is 0.534. The second kappa shape index (κ2) is 5.88. The molecular formula is C16H22ClN3. The van der Waals surface area contributed by atoms with E-state index in [9.17, 15) is 0 Å². The molecule has 0 amide bonds. The van der Waals surface area contributed by atoms with Crippen LogP contribution in [0.4, 0.5) is 5.82 Å². The van der Waals surface area contributed by atoms with E-state index in [2.05, 4.69) is 25.3 Å². The summed E-state index contributed by atoms with van der Waals surface area (Å²) in [6.45, 7) is 9.35. The van der Waals surface area contributed by atoms with Crippen LogP contribution in [0.1, 0.15) is 32.2 Å². The number of aryl methyl sites for hydroxylation is 2. The summed E-state index contributed by atoms with van der Waals surface area (Å²) in [6.07, 6.45) is 0.872. The van der Waals surface area contributed by atoms with Gasteiger partial charge in [-0.15, -0.1) is 0 Å². The number of rotatable bonds is 4. The number of imidazole rings is 1. The molecule has 0 bridgehead atoms. The van der Waals surface area contributed by atoms with Crippen LogP contribution in [0.25, 0.3) is 11.3 Å². The van der Waals surface area contributed by atoms with Gasteiger partial charge in [0.15, 0.2) is 0 Å². The summed E-state index contributed by atoms with van der Waals surface area (Å²) < 4.78 is 2.12. The van der Waals surface area contributed by atoms with Gasteiger partial charge in [-0.25, -0.2) is 4.98 Å². The number of benzene rings is 1. The van der Waals surface area contributed by atoms with E-state index in [4.69, 9.17) is 22.3 Å². The molecule has 1 heterocycles. The van der Waals surface area contributed by atoms with Crippen molar-refractivity contribution >= 4 is 17.4 Å². The van der Waals surface area contributed by atoms with Crippen molar-refractivity contribution in [2.24, 2.45) is 5.92 Å². The lowest BCUT2D eigenvalue weighted by Gasteiger charge is -2.11. The molecule has 0 spiro atoms. The summed E-state index contributed by atoms with van der Waals surface area (Å²) in [5, 5.41) is 0.748. The topological polar surface area (TPSA) is 43.8 Å². The van der Waals surface area contributed by atoms with E-state index >= 15 is 0 Å². The third-order valence-corrected chi connectivity index (χ3v) is 3.80. The minimum Gasteiger partial charge on any atom is -0.383 e. The Morgan fingerprint density at radius 1 is 1.35 bits per heavy atom. The van der Waals surface area contributed by atoms with Gasteiger partial charge in [0, 0.05) is 23.6 Å². The van der Waals surface area contributed by atoms with Gasteiger partial charge in [0.1, 0.15) is 17.3 Å². The molecule has 0 aliphatic carbocycles. The third kappa shape index (κ3) is 2.83. The number of nitrogens with zero attached hydrogens (tertiary/aromatic N) is 2. The van der Waals surface area contributed by atoms with Crippen molar-refractivity contribution in [2.75, 3.05) is 5.73 Å². The fraction of sp³-hybridized carbons (Fsp3) is 0.438. The van der Waals surface area contributed by atoms with E-state index in [1.807, 2.05) is 25.1 Å². The molecule has 0 unspecified atom stereocenters. The summed E-state index contributed by atoms with van der Waals surface area (Å²) in [7, 11) is 0. The van der Waals surface area contributed by atoms with E-state index in [0.29, 0.717) is 5.92 Å². The maximum Gasteiger partial charge on any atom is 0.131 e. The second-order valence-electron chi connectivity index (χ2n) is 5.58. The maximum absolute atomic E-state index is 6.31. The standard InChI is InChI=1S/C16H22ClN3/c1-5-14-19-15(16(18)20(14)9-10(2)3)12-7-6-11(4)13(17)8-12/h6-8,10H,5,9,18H2,1-4H3. The molecule has 2 rings (SSSR count). The van der Waals surface area contributed by atoms with Crippen molar-refractivity contribution in [3.05, 3.63) is 34.6 Å². The highest BCUT2D eigenvalue weighted by Gasteiger charge is 2.16. The molecule has 2 N–H and O–H groups in total. The molecule has 20 heavy (non-hydrogen) atoms. The Balaban J connectivity index is 2.51. The van der Waals surface area contributed by atoms with Gasteiger partial charge in [-0.1, -0.05) is 44.5 Å². The summed E-state index contributed by atoms with van der Waals surface area (Å²) in [5.74, 6) is 2.30. The van der Waals surface area contributed by atoms with E-state index < -0.39 is 0 Å². The molecule has 0 saturated heterocycles. The first-order valence-electron chi connectivity index (χ1n) is 7.05. The Morgan fingerprint density at radius 3 is 2.60 bits per heavy atom. The van der Waals surface area contributed by atoms with Crippen LogP contribution >= 0.6 is 11.6 Å².